The van der Waals surface area contributed by atoms with E-state index < -0.39 is 0 Å². The second-order valence-electron chi connectivity index (χ2n) is 5.14. The predicted octanol–water partition coefficient (Wildman–Crippen LogP) is 4.08. The molecule has 0 aromatic rings. The first-order valence-corrected chi connectivity index (χ1v) is 6.83. The van der Waals surface area contributed by atoms with Crippen molar-refractivity contribution in [3.05, 3.63) is 34.9 Å². The Labute approximate surface area is 112 Å². The van der Waals surface area contributed by atoms with Gasteiger partial charge in [-0.1, -0.05) is 29.8 Å². The van der Waals surface area contributed by atoms with E-state index in [4.69, 9.17) is 23.2 Å². The molecule has 0 aromatic carbocycles. The molecule has 2 aliphatic carbocycles. The number of hydrogen-bond acceptors (Lipinski definition) is 1. The Bertz CT molecular complexity index is 457. The molecule has 0 amide bonds. The van der Waals surface area contributed by atoms with Crippen molar-refractivity contribution in [3.63, 3.8) is 0 Å². The maximum absolute atomic E-state index is 6.83. The molecule has 1 heterocycles. The predicted molar refractivity (Wildman–Crippen MR) is 73.9 cm³/mol. The molecule has 0 bridgehead atoms. The van der Waals surface area contributed by atoms with Crippen LogP contribution in [0.25, 0.3) is 0 Å². The summed E-state index contributed by atoms with van der Waals surface area (Å²) in [5, 5.41) is 0.884. The van der Waals surface area contributed by atoms with E-state index in [1.54, 1.807) is 0 Å². The van der Waals surface area contributed by atoms with Gasteiger partial charge in [0.15, 0.2) is 0 Å². The molecule has 0 spiro atoms. The summed E-state index contributed by atoms with van der Waals surface area (Å²) in [6.07, 6.45) is 12.5. The molecular weight excluding hydrogens is 253 g/mol. The van der Waals surface area contributed by atoms with Gasteiger partial charge >= 0.3 is 0 Å². The second kappa shape index (κ2) is 4.00. The van der Waals surface area contributed by atoms with Gasteiger partial charge in [-0.25, -0.2) is 0 Å². The zero-order valence-corrected chi connectivity index (χ0v) is 11.2. The Morgan fingerprint density at radius 3 is 3.12 bits per heavy atom. The molecule has 0 aromatic heterocycles. The van der Waals surface area contributed by atoms with Crippen LogP contribution in [0.15, 0.2) is 39.9 Å². The van der Waals surface area contributed by atoms with Crippen LogP contribution in [0.5, 0.6) is 0 Å². The summed E-state index contributed by atoms with van der Waals surface area (Å²) in [6.45, 7) is 2.13. The molecule has 3 heteroatoms. The van der Waals surface area contributed by atoms with E-state index in [1.807, 2.05) is 12.3 Å². The third kappa shape index (κ3) is 1.63. The third-order valence-corrected chi connectivity index (χ3v) is 5.11. The Hall–Kier alpha value is -0.530. The van der Waals surface area contributed by atoms with Crippen molar-refractivity contribution in [1.82, 2.24) is 0 Å². The molecule has 3 rings (SSSR count). The van der Waals surface area contributed by atoms with Crippen molar-refractivity contribution in [2.45, 2.75) is 30.7 Å². The molecular formula is C14H15Cl2N. The zero-order valence-electron chi connectivity index (χ0n) is 9.74. The molecule has 4 atom stereocenters. The van der Waals surface area contributed by atoms with E-state index in [-0.39, 0.29) is 16.8 Å². The first kappa shape index (κ1) is 11.6. The molecule has 0 saturated carbocycles. The minimum atomic E-state index is -0.280. The molecule has 1 aliphatic heterocycles. The van der Waals surface area contributed by atoms with Crippen LogP contribution in [0.4, 0.5) is 0 Å². The first-order valence-electron chi connectivity index (χ1n) is 6.07. The van der Waals surface area contributed by atoms with E-state index >= 15 is 0 Å². The smallest absolute Gasteiger partial charge is 0.0936 e. The van der Waals surface area contributed by atoms with Gasteiger partial charge in [0.1, 0.15) is 0 Å². The number of allylic oxidation sites excluding steroid dienone is 4. The summed E-state index contributed by atoms with van der Waals surface area (Å²) in [7, 11) is 0. The van der Waals surface area contributed by atoms with Crippen molar-refractivity contribution in [1.29, 1.82) is 0 Å². The summed E-state index contributed by atoms with van der Waals surface area (Å²) < 4.78 is 0. The lowest BCUT2D eigenvalue weighted by Gasteiger charge is -2.47. The molecule has 0 radical (unpaired) electrons. The lowest BCUT2D eigenvalue weighted by molar-refractivity contribution is 0.296. The average molecular weight is 268 g/mol. The zero-order chi connectivity index (χ0) is 12.0. The van der Waals surface area contributed by atoms with Crippen LogP contribution in [-0.2, 0) is 0 Å². The fraction of sp³-hybridized carbons (Fsp3) is 0.500. The highest BCUT2D eigenvalue weighted by molar-refractivity contribution is 6.32. The van der Waals surface area contributed by atoms with E-state index in [9.17, 15) is 0 Å². The van der Waals surface area contributed by atoms with Gasteiger partial charge in [-0.05, 0) is 31.4 Å². The normalized spacial score (nSPS) is 43.6. The van der Waals surface area contributed by atoms with E-state index in [2.05, 4.69) is 30.1 Å². The molecule has 90 valence electrons. The number of halogens is 2. The molecule has 3 aliphatic rings. The fourth-order valence-electron chi connectivity index (χ4n) is 3.21. The summed E-state index contributed by atoms with van der Waals surface area (Å²) in [6, 6.07) is 0.0122. The SMILES string of the molecule is C[C@]1(Cl)C2CCC=CC2=C(Cl)C2N=CC=CC21. The number of rotatable bonds is 0. The average Bonchev–Trinajstić information content (AvgIpc) is 2.37. The maximum Gasteiger partial charge on any atom is 0.0936 e. The Kier molecular flexibility index (Phi) is 2.72. The number of hydrogen-bond donors (Lipinski definition) is 0. The Morgan fingerprint density at radius 2 is 2.29 bits per heavy atom. The maximum atomic E-state index is 6.83. The molecule has 3 unspecified atom stereocenters. The van der Waals surface area contributed by atoms with E-state index in [0.29, 0.717) is 5.92 Å². The van der Waals surface area contributed by atoms with Crippen molar-refractivity contribution in [2.75, 3.05) is 0 Å². The van der Waals surface area contributed by atoms with Gasteiger partial charge in [-0.2, -0.15) is 0 Å². The van der Waals surface area contributed by atoms with Crippen LogP contribution >= 0.6 is 23.2 Å². The summed E-state index contributed by atoms with van der Waals surface area (Å²) in [5.41, 5.74) is 1.20. The van der Waals surface area contributed by atoms with Gasteiger partial charge in [-0.15, -0.1) is 11.6 Å². The van der Waals surface area contributed by atoms with Gasteiger partial charge in [0, 0.05) is 23.1 Å². The van der Waals surface area contributed by atoms with Gasteiger partial charge in [0.05, 0.1) is 10.9 Å². The number of fused-ring (bicyclic) bond motifs is 2. The molecule has 17 heavy (non-hydrogen) atoms. The number of aliphatic imine (C=N–C) groups is 1. The Balaban J connectivity index is 2.15. The van der Waals surface area contributed by atoms with Gasteiger partial charge < -0.3 is 0 Å². The number of alkyl halides is 1. The molecule has 1 nitrogen and oxygen atoms in total. The Morgan fingerprint density at radius 1 is 1.47 bits per heavy atom. The van der Waals surface area contributed by atoms with Gasteiger partial charge in [0.2, 0.25) is 0 Å². The minimum absolute atomic E-state index is 0.0122. The number of dihydropyridines is 1. The van der Waals surface area contributed by atoms with Crippen LogP contribution < -0.4 is 0 Å². The quantitative estimate of drug-likeness (QED) is 0.587. The van der Waals surface area contributed by atoms with Crippen LogP contribution in [-0.4, -0.2) is 17.1 Å². The lowest BCUT2D eigenvalue weighted by atomic mass is 9.66. The largest absolute Gasteiger partial charge is 0.283 e. The highest BCUT2D eigenvalue weighted by atomic mass is 35.5. The van der Waals surface area contributed by atoms with Crippen LogP contribution in [0.2, 0.25) is 0 Å². The van der Waals surface area contributed by atoms with Gasteiger partial charge in [0.25, 0.3) is 0 Å². The van der Waals surface area contributed by atoms with E-state index in [1.165, 1.54) is 5.57 Å². The highest BCUT2D eigenvalue weighted by Crippen LogP contribution is 2.52. The van der Waals surface area contributed by atoms with Crippen molar-refractivity contribution in [2.24, 2.45) is 16.8 Å². The van der Waals surface area contributed by atoms with Crippen LogP contribution in [0.3, 0.4) is 0 Å². The highest BCUT2D eigenvalue weighted by Gasteiger charge is 2.49. The topological polar surface area (TPSA) is 12.4 Å². The first-order chi connectivity index (χ1) is 8.12. The minimum Gasteiger partial charge on any atom is -0.283 e. The van der Waals surface area contributed by atoms with Crippen molar-refractivity contribution in [3.8, 4) is 0 Å². The van der Waals surface area contributed by atoms with Crippen molar-refractivity contribution >= 4 is 29.4 Å². The summed E-state index contributed by atoms with van der Waals surface area (Å²) >= 11 is 13.3. The van der Waals surface area contributed by atoms with Gasteiger partial charge in [-0.3, -0.25) is 4.99 Å². The molecule has 0 saturated heterocycles. The third-order valence-electron chi connectivity index (χ3n) is 4.15. The standard InChI is InChI=1S/C14H15Cl2N/c1-14(16)10-6-3-2-5-9(10)12(15)13-11(14)7-4-8-17-13/h2,4-5,7-8,10-11,13H,3,6H2,1H3/t10?,11?,13?,14-/m0/s1. The molecule has 0 fully saturated rings. The molecule has 0 N–H and O–H groups in total. The summed E-state index contributed by atoms with van der Waals surface area (Å²) in [4.78, 5) is 4.22. The van der Waals surface area contributed by atoms with Crippen LogP contribution in [0.1, 0.15) is 19.8 Å². The monoisotopic (exact) mass is 267 g/mol. The fourth-order valence-corrected chi connectivity index (χ4v) is 4.02. The summed E-state index contributed by atoms with van der Waals surface area (Å²) in [5.74, 6) is 0.558. The number of nitrogens with zero attached hydrogens (tertiary/aromatic N) is 1. The lowest BCUT2D eigenvalue weighted by Crippen LogP contribution is -2.48. The van der Waals surface area contributed by atoms with Crippen LogP contribution in [0, 0.1) is 11.8 Å². The second-order valence-corrected chi connectivity index (χ2v) is 6.36. The van der Waals surface area contributed by atoms with Crippen molar-refractivity contribution < 1.29 is 0 Å². The van der Waals surface area contributed by atoms with E-state index in [0.717, 1.165) is 17.9 Å².